The van der Waals surface area contributed by atoms with Crippen molar-refractivity contribution in [1.82, 2.24) is 28.9 Å². The van der Waals surface area contributed by atoms with E-state index >= 15 is 0 Å². The van der Waals surface area contributed by atoms with Gasteiger partial charge >= 0.3 is 6.03 Å². The van der Waals surface area contributed by atoms with Gasteiger partial charge < -0.3 is 4.57 Å². The number of carbonyl (C=O) groups excluding carboxylic acids is 1. The molecule has 0 aliphatic carbocycles. The standard InChI is InChI=1S/C23H24N8O3S/c1-16(2)30-15-24-27-22(30)20-8-5-9-21(26-20)29-11-10-28(23(29)32)19-7-4-6-17(12-19)18-13-25-31(14-18)35(3,33)34/h4-9,12-16H,10-11H2,1-3H3. The van der Waals surface area contributed by atoms with Crippen LogP contribution in [0.1, 0.15) is 19.9 Å². The second kappa shape index (κ2) is 8.62. The van der Waals surface area contributed by atoms with Crippen molar-refractivity contribution in [2.24, 2.45) is 0 Å². The van der Waals surface area contributed by atoms with Crippen molar-refractivity contribution in [3.63, 3.8) is 0 Å². The summed E-state index contributed by atoms with van der Waals surface area (Å²) in [5, 5.41) is 12.1. The summed E-state index contributed by atoms with van der Waals surface area (Å²) in [6.07, 6.45) is 5.71. The summed E-state index contributed by atoms with van der Waals surface area (Å²) in [7, 11) is -3.47. The monoisotopic (exact) mass is 492 g/mol. The summed E-state index contributed by atoms with van der Waals surface area (Å²) >= 11 is 0. The van der Waals surface area contributed by atoms with Gasteiger partial charge in [-0.05, 0) is 43.7 Å². The lowest BCUT2D eigenvalue weighted by Gasteiger charge is -2.19. The van der Waals surface area contributed by atoms with Crippen LogP contribution in [0.2, 0.25) is 0 Å². The van der Waals surface area contributed by atoms with Crippen molar-refractivity contribution in [3.05, 3.63) is 61.2 Å². The van der Waals surface area contributed by atoms with Gasteiger partial charge in [-0.1, -0.05) is 18.2 Å². The maximum atomic E-state index is 13.3. The maximum Gasteiger partial charge on any atom is 0.330 e. The third-order valence-corrected chi connectivity index (χ3v) is 6.65. The van der Waals surface area contributed by atoms with E-state index < -0.39 is 10.0 Å². The average molecular weight is 493 g/mol. The second-order valence-electron chi connectivity index (χ2n) is 8.54. The lowest BCUT2D eigenvalue weighted by Crippen LogP contribution is -2.32. The molecule has 0 saturated carbocycles. The highest BCUT2D eigenvalue weighted by Crippen LogP contribution is 2.29. The minimum Gasteiger partial charge on any atom is -0.310 e. The Balaban J connectivity index is 1.40. The van der Waals surface area contributed by atoms with Gasteiger partial charge in [-0.25, -0.2) is 18.2 Å². The van der Waals surface area contributed by atoms with Crippen LogP contribution in [0.3, 0.4) is 0 Å². The fourth-order valence-corrected chi connectivity index (χ4v) is 4.50. The van der Waals surface area contributed by atoms with Gasteiger partial charge in [-0.2, -0.15) is 9.19 Å². The number of pyridine rings is 1. The normalized spacial score (nSPS) is 14.3. The molecule has 12 heteroatoms. The molecule has 1 aliphatic rings. The van der Waals surface area contributed by atoms with Crippen molar-refractivity contribution in [2.45, 2.75) is 19.9 Å². The predicted molar refractivity (Wildman–Crippen MR) is 132 cm³/mol. The number of rotatable bonds is 6. The first-order valence-electron chi connectivity index (χ1n) is 11.0. The molecular formula is C23H24N8O3S. The Morgan fingerprint density at radius 3 is 2.51 bits per heavy atom. The Morgan fingerprint density at radius 1 is 1.00 bits per heavy atom. The Morgan fingerprint density at radius 2 is 1.77 bits per heavy atom. The van der Waals surface area contributed by atoms with Gasteiger partial charge in [-0.3, -0.25) is 9.80 Å². The highest BCUT2D eigenvalue weighted by atomic mass is 32.2. The van der Waals surface area contributed by atoms with Crippen LogP contribution in [0.25, 0.3) is 22.6 Å². The Kier molecular flexibility index (Phi) is 5.59. The van der Waals surface area contributed by atoms with Crippen molar-refractivity contribution >= 4 is 27.6 Å². The molecule has 4 aromatic rings. The summed E-state index contributed by atoms with van der Waals surface area (Å²) in [5.74, 6) is 1.19. The molecule has 180 valence electrons. The second-order valence-corrected chi connectivity index (χ2v) is 10.4. The molecule has 4 heterocycles. The van der Waals surface area contributed by atoms with E-state index in [9.17, 15) is 13.2 Å². The number of hydrogen-bond donors (Lipinski definition) is 0. The van der Waals surface area contributed by atoms with Crippen LogP contribution in [-0.4, -0.2) is 62.7 Å². The van der Waals surface area contributed by atoms with Gasteiger partial charge in [0.05, 0.1) is 18.6 Å². The van der Waals surface area contributed by atoms with E-state index in [4.69, 9.17) is 4.98 Å². The summed E-state index contributed by atoms with van der Waals surface area (Å²) in [4.78, 5) is 21.4. The molecule has 2 amide bonds. The van der Waals surface area contributed by atoms with Crippen molar-refractivity contribution < 1.29 is 13.2 Å². The number of benzene rings is 1. The van der Waals surface area contributed by atoms with Crippen LogP contribution in [-0.2, 0) is 10.0 Å². The topological polar surface area (TPSA) is 119 Å². The summed E-state index contributed by atoms with van der Waals surface area (Å²) < 4.78 is 26.4. The van der Waals surface area contributed by atoms with Gasteiger partial charge in [0.1, 0.15) is 17.8 Å². The molecule has 0 unspecified atom stereocenters. The molecule has 5 rings (SSSR count). The smallest absolute Gasteiger partial charge is 0.310 e. The fraction of sp³-hybridized carbons (Fsp3) is 0.261. The number of amides is 2. The maximum absolute atomic E-state index is 13.3. The lowest BCUT2D eigenvalue weighted by atomic mass is 10.1. The number of urea groups is 1. The molecule has 3 aromatic heterocycles. The van der Waals surface area contributed by atoms with Gasteiger partial charge in [0.2, 0.25) is 0 Å². The van der Waals surface area contributed by atoms with E-state index in [2.05, 4.69) is 15.3 Å². The molecule has 0 atom stereocenters. The minimum absolute atomic E-state index is 0.172. The molecule has 11 nitrogen and oxygen atoms in total. The Hall–Kier alpha value is -4.06. The van der Waals surface area contributed by atoms with E-state index in [1.807, 2.05) is 54.8 Å². The van der Waals surface area contributed by atoms with E-state index in [0.29, 0.717) is 41.7 Å². The average Bonchev–Trinajstić information content (AvgIpc) is 3.58. The van der Waals surface area contributed by atoms with E-state index in [1.165, 1.54) is 12.4 Å². The largest absolute Gasteiger partial charge is 0.330 e. The van der Waals surface area contributed by atoms with E-state index in [0.717, 1.165) is 15.9 Å². The summed E-state index contributed by atoms with van der Waals surface area (Å²) in [6.45, 7) is 5.04. The third-order valence-electron chi connectivity index (χ3n) is 5.77. The molecular weight excluding hydrogens is 468 g/mol. The van der Waals surface area contributed by atoms with Crippen LogP contribution in [0.15, 0.2) is 61.2 Å². The number of aromatic nitrogens is 6. The van der Waals surface area contributed by atoms with Crippen molar-refractivity contribution in [1.29, 1.82) is 0 Å². The molecule has 0 spiro atoms. The molecule has 0 bridgehead atoms. The number of nitrogens with zero attached hydrogens (tertiary/aromatic N) is 8. The van der Waals surface area contributed by atoms with E-state index in [-0.39, 0.29) is 12.1 Å². The zero-order chi connectivity index (χ0) is 24.7. The molecule has 0 N–H and O–H groups in total. The molecule has 1 fully saturated rings. The minimum atomic E-state index is -3.47. The van der Waals surface area contributed by atoms with Crippen LogP contribution < -0.4 is 9.80 Å². The molecule has 1 aliphatic heterocycles. The van der Waals surface area contributed by atoms with Crippen LogP contribution in [0, 0.1) is 0 Å². The van der Waals surface area contributed by atoms with Gasteiger partial charge in [0.15, 0.2) is 5.82 Å². The first-order chi connectivity index (χ1) is 16.7. The highest BCUT2D eigenvalue weighted by Gasteiger charge is 2.32. The zero-order valence-corrected chi connectivity index (χ0v) is 20.3. The molecule has 35 heavy (non-hydrogen) atoms. The number of hydrogen-bond acceptors (Lipinski definition) is 7. The molecule has 0 radical (unpaired) electrons. The quantitative estimate of drug-likeness (QED) is 0.406. The third kappa shape index (κ3) is 4.28. The number of carbonyl (C=O) groups is 1. The van der Waals surface area contributed by atoms with Crippen LogP contribution in [0.4, 0.5) is 16.3 Å². The van der Waals surface area contributed by atoms with Gasteiger partial charge in [0, 0.05) is 30.4 Å². The SMILES string of the molecule is CC(C)n1cnnc1-c1cccc(N2CCN(c3cccc(-c4cnn(S(C)(=O)=O)c4)c3)C2=O)n1. The van der Waals surface area contributed by atoms with Crippen LogP contribution in [0.5, 0.6) is 0 Å². The Labute approximate surface area is 202 Å². The highest BCUT2D eigenvalue weighted by molar-refractivity contribution is 7.89. The van der Waals surface area contributed by atoms with E-state index in [1.54, 1.807) is 22.2 Å². The predicted octanol–water partition coefficient (Wildman–Crippen LogP) is 3.04. The molecule has 1 aromatic carbocycles. The number of anilines is 2. The van der Waals surface area contributed by atoms with Crippen molar-refractivity contribution in [2.75, 3.05) is 29.1 Å². The Bertz CT molecular complexity index is 1510. The first-order valence-corrected chi connectivity index (χ1v) is 12.9. The summed E-state index contributed by atoms with van der Waals surface area (Å²) in [6, 6.07) is 12.9. The fourth-order valence-electron chi connectivity index (χ4n) is 3.98. The van der Waals surface area contributed by atoms with Crippen LogP contribution >= 0.6 is 0 Å². The van der Waals surface area contributed by atoms with Gasteiger partial charge in [0.25, 0.3) is 10.0 Å². The van der Waals surface area contributed by atoms with Gasteiger partial charge in [-0.15, -0.1) is 10.2 Å². The summed E-state index contributed by atoms with van der Waals surface area (Å²) in [5.41, 5.74) is 2.75. The first kappa shape index (κ1) is 22.7. The molecule has 1 saturated heterocycles. The van der Waals surface area contributed by atoms with Crippen molar-refractivity contribution in [3.8, 4) is 22.6 Å². The zero-order valence-electron chi connectivity index (χ0n) is 19.5. The lowest BCUT2D eigenvalue weighted by molar-refractivity contribution is 0.255.